The Bertz CT molecular complexity index is 1230. The Kier molecular flexibility index (Phi) is 64.3. The van der Waals surface area contributed by atoms with E-state index < -0.39 is 6.10 Å². The molecule has 0 aliphatic rings. The summed E-state index contributed by atoms with van der Waals surface area (Å²) in [5, 5.41) is 9.69. The molecule has 1 unspecified atom stereocenters. The van der Waals surface area contributed by atoms with Gasteiger partial charge in [0.1, 0.15) is 6.61 Å². The van der Waals surface area contributed by atoms with Crippen LogP contribution in [0.1, 0.15) is 367 Å². The number of carbonyl (C=O) groups excluding carboxylic acids is 2. The average Bonchev–Trinajstić information content (AvgIpc) is 3.41. The predicted molar refractivity (Wildman–Crippen MR) is 330 cm³/mol. The zero-order valence-corrected chi connectivity index (χ0v) is 50.6. The van der Waals surface area contributed by atoms with Gasteiger partial charge in [-0.05, 0) is 51.4 Å². The molecule has 0 aliphatic heterocycles. The Morgan fingerprint density at radius 3 is 0.867 bits per heavy atom. The Hall–Kier alpha value is -2.14. The molecule has 1 N–H and O–H groups in total. The number of esters is 2. The molecule has 0 radical (unpaired) electrons. The highest BCUT2D eigenvalue weighted by atomic mass is 16.6. The topological polar surface area (TPSA) is 72.8 Å². The lowest BCUT2D eigenvalue weighted by molar-refractivity contribution is -0.161. The number of aliphatic hydroxyl groups excluding tert-OH is 1. The summed E-state index contributed by atoms with van der Waals surface area (Å²) >= 11 is 0. The summed E-state index contributed by atoms with van der Waals surface area (Å²) in [6.45, 7) is 4.09. The second-order valence-electron chi connectivity index (χ2n) is 22.9. The first-order chi connectivity index (χ1) is 37.1. The van der Waals surface area contributed by atoms with Gasteiger partial charge in [-0.1, -0.05) is 351 Å². The van der Waals surface area contributed by atoms with Gasteiger partial charge in [0.15, 0.2) is 6.10 Å². The fourth-order valence-corrected chi connectivity index (χ4v) is 10.4. The van der Waals surface area contributed by atoms with Gasteiger partial charge in [0, 0.05) is 12.8 Å². The maximum absolute atomic E-state index is 12.3. The summed E-state index contributed by atoms with van der Waals surface area (Å²) in [5.41, 5.74) is 0. The quantitative estimate of drug-likeness (QED) is 0.0373. The van der Waals surface area contributed by atoms with E-state index in [-0.39, 0.29) is 25.2 Å². The van der Waals surface area contributed by atoms with Gasteiger partial charge in [-0.25, -0.2) is 0 Å². The van der Waals surface area contributed by atoms with Gasteiger partial charge >= 0.3 is 11.9 Å². The van der Waals surface area contributed by atoms with Crippen molar-refractivity contribution in [2.24, 2.45) is 0 Å². The summed E-state index contributed by atoms with van der Waals surface area (Å²) in [6.07, 6.45) is 88.6. The molecule has 5 nitrogen and oxygen atoms in total. The van der Waals surface area contributed by atoms with Crippen LogP contribution in [0.4, 0.5) is 0 Å². The number of carbonyl (C=O) groups is 2. The molecule has 0 fully saturated rings. The zero-order chi connectivity index (χ0) is 54.1. The lowest BCUT2D eigenvalue weighted by Crippen LogP contribution is -2.28. The van der Waals surface area contributed by atoms with Gasteiger partial charge in [-0.3, -0.25) is 9.59 Å². The molecule has 0 amide bonds. The number of hydrogen-bond donors (Lipinski definition) is 1. The average molecular weight is 1050 g/mol. The second kappa shape index (κ2) is 66.1. The highest BCUT2D eigenvalue weighted by Crippen LogP contribution is 2.19. The largest absolute Gasteiger partial charge is 0.462 e. The van der Waals surface area contributed by atoms with Crippen molar-refractivity contribution >= 4 is 11.9 Å². The van der Waals surface area contributed by atoms with Crippen LogP contribution in [-0.4, -0.2) is 36.4 Å². The molecule has 0 aromatic heterocycles. The summed E-state index contributed by atoms with van der Waals surface area (Å²) in [5.74, 6) is -0.572. The van der Waals surface area contributed by atoms with Gasteiger partial charge in [-0.15, -0.1) is 0 Å². The van der Waals surface area contributed by atoms with Gasteiger partial charge < -0.3 is 14.6 Å². The fraction of sp³-hybridized carbons (Fsp3) is 0.857. The lowest BCUT2D eigenvalue weighted by Gasteiger charge is -2.15. The summed E-state index contributed by atoms with van der Waals surface area (Å²) in [7, 11) is 0. The van der Waals surface area contributed by atoms with E-state index in [1.165, 1.54) is 283 Å². The normalized spacial score (nSPS) is 12.4. The molecule has 0 rings (SSSR count). The molecule has 0 bridgehead atoms. The molecule has 440 valence electrons. The van der Waals surface area contributed by atoms with Gasteiger partial charge in [0.25, 0.3) is 0 Å². The van der Waals surface area contributed by atoms with E-state index in [9.17, 15) is 14.7 Å². The molecule has 0 heterocycles. The monoisotopic (exact) mass is 1050 g/mol. The molecule has 0 saturated carbocycles. The standard InChI is InChI=1S/C70H130O5/c1-3-5-7-9-11-13-15-17-19-21-23-25-27-29-31-32-33-34-35-36-37-39-40-42-44-46-48-50-52-54-56-58-60-62-64-69(72)74-67-68(66-71)75-70(73)65-63-61-59-57-55-53-51-49-47-45-43-41-38-30-28-26-24-22-20-18-16-14-12-10-8-6-4-2/h6,8,12,14,18,20,24,26,68,71H,3-5,7,9-11,13,15-17,19,21-23,25,27-67H2,1-2H3/b8-6-,14-12-,20-18-,26-24-. The van der Waals surface area contributed by atoms with Gasteiger partial charge in [0.05, 0.1) is 6.61 Å². The van der Waals surface area contributed by atoms with Crippen molar-refractivity contribution in [2.75, 3.05) is 13.2 Å². The third-order valence-corrected chi connectivity index (χ3v) is 15.4. The first-order valence-electron chi connectivity index (χ1n) is 33.7. The molecule has 0 spiro atoms. The van der Waals surface area contributed by atoms with Crippen LogP contribution in [0.2, 0.25) is 0 Å². The lowest BCUT2D eigenvalue weighted by atomic mass is 10.0. The number of ether oxygens (including phenoxy) is 2. The SMILES string of the molecule is CC/C=C\C/C=C\C/C=C\C/C=C\CCCCCCCCCCCCCCCCC(=O)OC(CO)COC(=O)CCCCCCCCCCCCCCCCCCCCCCCCCCCCCCCCCCCC. The minimum Gasteiger partial charge on any atom is -0.462 e. The van der Waals surface area contributed by atoms with E-state index in [2.05, 4.69) is 62.5 Å². The van der Waals surface area contributed by atoms with Crippen molar-refractivity contribution in [3.63, 3.8) is 0 Å². The Labute approximate surface area is 469 Å². The van der Waals surface area contributed by atoms with Crippen molar-refractivity contribution in [3.05, 3.63) is 48.6 Å². The molecular formula is C70H130O5. The Morgan fingerprint density at radius 2 is 0.573 bits per heavy atom. The minimum atomic E-state index is -0.772. The third-order valence-electron chi connectivity index (χ3n) is 15.4. The molecule has 1 atom stereocenters. The maximum Gasteiger partial charge on any atom is 0.306 e. The number of hydrogen-bond acceptors (Lipinski definition) is 5. The predicted octanol–water partition coefficient (Wildman–Crippen LogP) is 23.2. The molecule has 0 aromatic carbocycles. The van der Waals surface area contributed by atoms with E-state index in [4.69, 9.17) is 9.47 Å². The zero-order valence-electron chi connectivity index (χ0n) is 50.6. The first kappa shape index (κ1) is 72.9. The molecule has 0 aliphatic carbocycles. The number of allylic oxidation sites excluding steroid dienone is 8. The summed E-state index contributed by atoms with van der Waals surface area (Å²) in [6, 6.07) is 0. The first-order valence-corrected chi connectivity index (χ1v) is 33.7. The van der Waals surface area contributed by atoms with Crippen molar-refractivity contribution in [1.82, 2.24) is 0 Å². The van der Waals surface area contributed by atoms with Crippen LogP contribution in [-0.2, 0) is 19.1 Å². The summed E-state index contributed by atoms with van der Waals surface area (Å²) < 4.78 is 10.8. The highest BCUT2D eigenvalue weighted by molar-refractivity contribution is 5.70. The Balaban J connectivity index is 3.39. The fourth-order valence-electron chi connectivity index (χ4n) is 10.4. The van der Waals surface area contributed by atoms with E-state index in [0.29, 0.717) is 12.8 Å². The summed E-state index contributed by atoms with van der Waals surface area (Å²) in [4.78, 5) is 24.6. The minimum absolute atomic E-state index is 0.0615. The van der Waals surface area contributed by atoms with Crippen molar-refractivity contribution < 1.29 is 24.2 Å². The van der Waals surface area contributed by atoms with Gasteiger partial charge in [-0.2, -0.15) is 0 Å². The molecule has 0 saturated heterocycles. The Morgan fingerprint density at radius 1 is 0.320 bits per heavy atom. The van der Waals surface area contributed by atoms with Crippen LogP contribution in [0.3, 0.4) is 0 Å². The molecule has 0 aromatic rings. The van der Waals surface area contributed by atoms with Crippen LogP contribution < -0.4 is 0 Å². The van der Waals surface area contributed by atoms with Gasteiger partial charge in [0.2, 0.25) is 0 Å². The number of unbranched alkanes of at least 4 members (excludes halogenated alkanes) is 47. The van der Waals surface area contributed by atoms with Crippen LogP contribution in [0.15, 0.2) is 48.6 Å². The molecular weight excluding hydrogens is 921 g/mol. The van der Waals surface area contributed by atoms with E-state index in [1.54, 1.807) is 0 Å². The van der Waals surface area contributed by atoms with Crippen molar-refractivity contribution in [1.29, 1.82) is 0 Å². The van der Waals surface area contributed by atoms with Crippen LogP contribution in [0, 0.1) is 0 Å². The number of rotatable bonds is 63. The smallest absolute Gasteiger partial charge is 0.306 e. The van der Waals surface area contributed by atoms with Crippen molar-refractivity contribution in [2.45, 2.75) is 373 Å². The number of aliphatic hydroxyl groups is 1. The second-order valence-corrected chi connectivity index (χ2v) is 22.9. The van der Waals surface area contributed by atoms with E-state index >= 15 is 0 Å². The van der Waals surface area contributed by atoms with Crippen molar-refractivity contribution in [3.8, 4) is 0 Å². The molecule has 5 heteroatoms. The van der Waals surface area contributed by atoms with Crippen LogP contribution in [0.25, 0.3) is 0 Å². The van der Waals surface area contributed by atoms with E-state index in [1.807, 2.05) is 0 Å². The van der Waals surface area contributed by atoms with Crippen LogP contribution >= 0.6 is 0 Å². The highest BCUT2D eigenvalue weighted by Gasteiger charge is 2.16. The van der Waals surface area contributed by atoms with Crippen LogP contribution in [0.5, 0.6) is 0 Å². The maximum atomic E-state index is 12.3. The van der Waals surface area contributed by atoms with E-state index in [0.717, 1.165) is 57.8 Å². The molecule has 75 heavy (non-hydrogen) atoms. The third kappa shape index (κ3) is 64.3.